The van der Waals surface area contributed by atoms with E-state index in [2.05, 4.69) is 9.46 Å². The number of nitrogens with two attached hydrogens (primary N) is 1. The Kier molecular flexibility index (Phi) is 5.31. The molecule has 0 saturated heterocycles. The lowest BCUT2D eigenvalue weighted by Crippen LogP contribution is -2.35. The fourth-order valence-corrected chi connectivity index (χ4v) is 3.87. The van der Waals surface area contributed by atoms with E-state index in [9.17, 15) is 22.8 Å². The molecule has 0 radical (unpaired) electrons. The lowest BCUT2D eigenvalue weighted by molar-refractivity contribution is -0.120. The van der Waals surface area contributed by atoms with E-state index in [-0.39, 0.29) is 16.1 Å². The standard InChI is InChI=1S/C18H14ClN3O6S/c1-28-18(25)10-2-6-12(7-3-10)22-16(23)14(19)15(17(22)24)21-29(26,27)13-8-4-11(20)5-9-13/h2-9,21H,20H2,1H3. The van der Waals surface area contributed by atoms with Crippen molar-refractivity contribution in [3.63, 3.8) is 0 Å². The monoisotopic (exact) mass is 435 g/mol. The third-order valence-electron chi connectivity index (χ3n) is 4.00. The van der Waals surface area contributed by atoms with Gasteiger partial charge in [-0.1, -0.05) is 11.6 Å². The number of nitrogens with zero attached hydrogens (tertiary/aromatic N) is 1. The summed E-state index contributed by atoms with van der Waals surface area (Å²) in [5.41, 5.74) is 5.63. The van der Waals surface area contributed by atoms with Gasteiger partial charge in [-0.3, -0.25) is 14.3 Å². The first-order chi connectivity index (χ1) is 13.7. The van der Waals surface area contributed by atoms with Gasteiger partial charge >= 0.3 is 5.97 Å². The van der Waals surface area contributed by atoms with Crippen molar-refractivity contribution < 1.29 is 27.5 Å². The number of amides is 2. The molecule has 0 saturated carbocycles. The maximum atomic E-state index is 12.7. The summed E-state index contributed by atoms with van der Waals surface area (Å²) in [7, 11) is -2.97. The molecule has 3 rings (SSSR count). The molecule has 2 aromatic rings. The highest BCUT2D eigenvalue weighted by atomic mass is 35.5. The average molecular weight is 436 g/mol. The molecular formula is C18H14ClN3O6S. The van der Waals surface area contributed by atoms with Crippen LogP contribution in [-0.2, 0) is 24.3 Å². The summed E-state index contributed by atoms with van der Waals surface area (Å²) in [6.07, 6.45) is 0. The summed E-state index contributed by atoms with van der Waals surface area (Å²) in [6.45, 7) is 0. The molecule has 0 bridgehead atoms. The van der Waals surface area contributed by atoms with Gasteiger partial charge in [-0.25, -0.2) is 18.1 Å². The van der Waals surface area contributed by atoms with Crippen molar-refractivity contribution >= 4 is 50.8 Å². The van der Waals surface area contributed by atoms with Crippen LogP contribution in [0.3, 0.4) is 0 Å². The second kappa shape index (κ2) is 7.57. The Morgan fingerprint density at radius 2 is 1.62 bits per heavy atom. The third kappa shape index (κ3) is 3.80. The van der Waals surface area contributed by atoms with E-state index in [1.54, 1.807) is 0 Å². The van der Waals surface area contributed by atoms with Crippen molar-refractivity contribution in [2.75, 3.05) is 17.7 Å². The molecule has 0 fully saturated rings. The highest BCUT2D eigenvalue weighted by Gasteiger charge is 2.40. The van der Waals surface area contributed by atoms with Crippen molar-refractivity contribution in [3.05, 3.63) is 64.8 Å². The zero-order chi connectivity index (χ0) is 21.3. The van der Waals surface area contributed by atoms with Crippen LogP contribution in [0.1, 0.15) is 10.4 Å². The molecular weight excluding hydrogens is 422 g/mol. The first kappa shape index (κ1) is 20.4. The summed E-state index contributed by atoms with van der Waals surface area (Å²) in [6, 6.07) is 10.6. The fourth-order valence-electron chi connectivity index (χ4n) is 2.53. The van der Waals surface area contributed by atoms with Crippen LogP contribution in [0.4, 0.5) is 11.4 Å². The van der Waals surface area contributed by atoms with Crippen LogP contribution < -0.4 is 15.4 Å². The van der Waals surface area contributed by atoms with Crippen LogP contribution in [0.15, 0.2) is 64.2 Å². The van der Waals surface area contributed by atoms with E-state index >= 15 is 0 Å². The van der Waals surface area contributed by atoms with Gasteiger partial charge in [-0.2, -0.15) is 0 Å². The number of methoxy groups -OCH3 is 1. The minimum Gasteiger partial charge on any atom is -0.465 e. The summed E-state index contributed by atoms with van der Waals surface area (Å²) < 4.78 is 31.7. The molecule has 0 unspecified atom stereocenters. The summed E-state index contributed by atoms with van der Waals surface area (Å²) in [4.78, 5) is 37.2. The SMILES string of the molecule is COC(=O)c1ccc(N2C(=O)C(Cl)=C(NS(=O)(=O)c3ccc(N)cc3)C2=O)cc1. The largest absolute Gasteiger partial charge is 0.465 e. The Labute approximate surface area is 170 Å². The lowest BCUT2D eigenvalue weighted by atomic mass is 10.2. The fraction of sp³-hybridized carbons (Fsp3) is 0.0556. The van der Waals surface area contributed by atoms with E-state index < -0.39 is 38.5 Å². The number of carbonyl (C=O) groups excluding carboxylic acids is 3. The third-order valence-corrected chi connectivity index (χ3v) is 5.72. The summed E-state index contributed by atoms with van der Waals surface area (Å²) >= 11 is 5.94. The molecule has 1 aliphatic heterocycles. The van der Waals surface area contributed by atoms with Crippen LogP contribution in [0, 0.1) is 0 Å². The van der Waals surface area contributed by atoms with E-state index in [0.29, 0.717) is 10.6 Å². The molecule has 1 heterocycles. The van der Waals surface area contributed by atoms with E-state index in [4.69, 9.17) is 17.3 Å². The van der Waals surface area contributed by atoms with Crippen molar-refractivity contribution in [2.45, 2.75) is 4.90 Å². The van der Waals surface area contributed by atoms with Crippen LogP contribution in [0.2, 0.25) is 0 Å². The average Bonchev–Trinajstić information content (AvgIpc) is 2.91. The van der Waals surface area contributed by atoms with E-state index in [0.717, 1.165) is 0 Å². The molecule has 2 amide bonds. The second-order valence-corrected chi connectivity index (χ2v) is 7.91. The van der Waals surface area contributed by atoms with Crippen LogP contribution in [0.25, 0.3) is 0 Å². The first-order valence-electron chi connectivity index (χ1n) is 8.01. The molecule has 3 N–H and O–H groups in total. The number of imide groups is 1. The van der Waals surface area contributed by atoms with Crippen molar-refractivity contribution in [3.8, 4) is 0 Å². The molecule has 29 heavy (non-hydrogen) atoms. The maximum absolute atomic E-state index is 12.7. The van der Waals surface area contributed by atoms with Gasteiger partial charge in [0.1, 0.15) is 10.7 Å². The molecule has 0 aromatic heterocycles. The minimum atomic E-state index is -4.19. The van der Waals surface area contributed by atoms with Crippen LogP contribution in [0.5, 0.6) is 0 Å². The van der Waals surface area contributed by atoms with Gasteiger partial charge in [0.2, 0.25) is 0 Å². The zero-order valence-electron chi connectivity index (χ0n) is 14.9. The summed E-state index contributed by atoms with van der Waals surface area (Å²) in [5, 5.41) is -0.578. The number of rotatable bonds is 5. The second-order valence-electron chi connectivity index (χ2n) is 5.85. The quantitative estimate of drug-likeness (QED) is 0.411. The Bertz CT molecular complexity index is 1140. The predicted octanol–water partition coefficient (Wildman–Crippen LogP) is 1.36. The van der Waals surface area contributed by atoms with Gasteiger partial charge in [0.25, 0.3) is 21.8 Å². The van der Waals surface area contributed by atoms with Gasteiger partial charge in [0.05, 0.1) is 23.3 Å². The molecule has 1 aliphatic rings. The van der Waals surface area contributed by atoms with E-state index in [1.165, 1.54) is 55.6 Å². The summed E-state index contributed by atoms with van der Waals surface area (Å²) in [5.74, 6) is -2.45. The van der Waals surface area contributed by atoms with Gasteiger partial charge in [-0.15, -0.1) is 0 Å². The topological polar surface area (TPSA) is 136 Å². The number of nitrogen functional groups attached to an aromatic ring is 1. The van der Waals surface area contributed by atoms with Crippen LogP contribution in [-0.4, -0.2) is 33.3 Å². The smallest absolute Gasteiger partial charge is 0.337 e. The van der Waals surface area contributed by atoms with Crippen LogP contribution >= 0.6 is 11.6 Å². The number of ether oxygens (including phenoxy) is 1. The molecule has 150 valence electrons. The number of esters is 1. The molecule has 11 heteroatoms. The van der Waals surface area contributed by atoms with Crippen molar-refractivity contribution in [1.29, 1.82) is 0 Å². The van der Waals surface area contributed by atoms with Crippen molar-refractivity contribution in [2.24, 2.45) is 0 Å². The van der Waals surface area contributed by atoms with Gasteiger partial charge in [-0.05, 0) is 48.5 Å². The minimum absolute atomic E-state index is 0.104. The Morgan fingerprint density at radius 1 is 1.03 bits per heavy atom. The lowest BCUT2D eigenvalue weighted by Gasteiger charge is -2.15. The van der Waals surface area contributed by atoms with Gasteiger partial charge in [0, 0.05) is 5.69 Å². The van der Waals surface area contributed by atoms with Crippen molar-refractivity contribution in [1.82, 2.24) is 4.72 Å². The number of benzene rings is 2. The number of carbonyl (C=O) groups is 3. The van der Waals surface area contributed by atoms with Gasteiger partial charge < -0.3 is 10.5 Å². The number of anilines is 2. The van der Waals surface area contributed by atoms with E-state index in [1.807, 2.05) is 0 Å². The molecule has 0 aliphatic carbocycles. The molecule has 0 spiro atoms. The van der Waals surface area contributed by atoms with Gasteiger partial charge in [0.15, 0.2) is 0 Å². The highest BCUT2D eigenvalue weighted by molar-refractivity contribution is 7.89. The molecule has 2 aromatic carbocycles. The zero-order valence-corrected chi connectivity index (χ0v) is 16.5. The molecule has 9 nitrogen and oxygen atoms in total. The number of halogens is 1. The first-order valence-corrected chi connectivity index (χ1v) is 9.87. The number of hydrogen-bond donors (Lipinski definition) is 2. The highest BCUT2D eigenvalue weighted by Crippen LogP contribution is 2.29. The molecule has 0 atom stereocenters. The maximum Gasteiger partial charge on any atom is 0.337 e. The normalized spacial score (nSPS) is 14.3. The number of nitrogens with one attached hydrogen (secondary N) is 1. The Balaban J connectivity index is 1.89. The number of hydrogen-bond acceptors (Lipinski definition) is 7. The predicted molar refractivity (Wildman–Crippen MR) is 104 cm³/mol. The Morgan fingerprint density at radius 3 is 2.17 bits per heavy atom. The number of sulfonamides is 1. The Hall–Kier alpha value is -3.37.